The predicted octanol–water partition coefficient (Wildman–Crippen LogP) is 0.558. The van der Waals surface area contributed by atoms with Gasteiger partial charge < -0.3 is 10.4 Å². The minimum Gasteiger partial charge on any atom is -0.396 e. The maximum Gasteiger partial charge on any atom is 0.0946 e. The molecule has 0 heterocycles. The van der Waals surface area contributed by atoms with Gasteiger partial charge in [0.1, 0.15) is 0 Å². The van der Waals surface area contributed by atoms with E-state index in [0.717, 1.165) is 12.8 Å². The largest absolute Gasteiger partial charge is 0.396 e. The summed E-state index contributed by atoms with van der Waals surface area (Å²) in [5, 5.41) is 22.5. The summed E-state index contributed by atoms with van der Waals surface area (Å²) in [7, 11) is 0. The zero-order valence-electron chi connectivity index (χ0n) is 7.46. The van der Waals surface area contributed by atoms with Crippen LogP contribution in [0.5, 0.6) is 0 Å². The Morgan fingerprint density at radius 2 is 2.08 bits per heavy atom. The van der Waals surface area contributed by atoms with Crippen molar-refractivity contribution >= 4 is 0 Å². The first-order valence-corrected chi connectivity index (χ1v) is 4.81. The lowest BCUT2D eigenvalue weighted by atomic mass is 9.85. The van der Waals surface area contributed by atoms with E-state index in [0.29, 0.717) is 18.5 Å². The number of hydrogen-bond acceptors (Lipinski definition) is 2. The number of hydrogen-bond donors (Lipinski definition) is 2. The van der Waals surface area contributed by atoms with Gasteiger partial charge >= 0.3 is 0 Å². The normalized spacial score (nSPS) is 30.5. The molecule has 0 amide bonds. The molecule has 2 atom stereocenters. The molecule has 0 aromatic rings. The van der Waals surface area contributed by atoms with Crippen molar-refractivity contribution in [3.05, 3.63) is 0 Å². The molecule has 0 aliphatic heterocycles. The summed E-state index contributed by atoms with van der Waals surface area (Å²) in [5.41, 5.74) is 0. The molecule has 1 aliphatic rings. The quantitative estimate of drug-likeness (QED) is 0.651. The summed E-state index contributed by atoms with van der Waals surface area (Å²) in [6.07, 6.45) is 4.67. The van der Waals surface area contributed by atoms with Crippen molar-refractivity contribution in [1.29, 1.82) is 0 Å². The first-order chi connectivity index (χ1) is 5.88. The fourth-order valence-electron chi connectivity index (χ4n) is 1.94. The Balaban J connectivity index is 2.26. The third-order valence-corrected chi connectivity index (χ3v) is 2.65. The number of rotatable bonds is 4. The van der Waals surface area contributed by atoms with Crippen LogP contribution in [-0.4, -0.2) is 30.9 Å². The molecule has 1 rings (SSSR count). The van der Waals surface area contributed by atoms with E-state index in [1.54, 1.807) is 0 Å². The van der Waals surface area contributed by atoms with Crippen LogP contribution in [-0.2, 0) is 5.11 Å². The Hall–Kier alpha value is -0.120. The monoisotopic (exact) mass is 172 g/mol. The summed E-state index contributed by atoms with van der Waals surface area (Å²) in [4.78, 5) is 0. The summed E-state index contributed by atoms with van der Waals surface area (Å²) in [5.74, 6) is 0.380. The van der Waals surface area contributed by atoms with Crippen molar-refractivity contribution < 1.29 is 10.2 Å². The van der Waals surface area contributed by atoms with Crippen LogP contribution in [0.15, 0.2) is 0 Å². The first-order valence-electron chi connectivity index (χ1n) is 4.81. The topological polar surface area (TPSA) is 52.2 Å². The molecule has 0 spiro atoms. The minimum atomic E-state index is -0.0609. The maximum absolute atomic E-state index is 10.2. The molecular weight excluding hydrogens is 154 g/mol. The smallest absolute Gasteiger partial charge is 0.0946 e. The van der Waals surface area contributed by atoms with E-state index in [9.17, 15) is 5.11 Å². The molecule has 1 aliphatic carbocycles. The van der Waals surface area contributed by atoms with Crippen molar-refractivity contribution in [3.63, 3.8) is 0 Å². The molecule has 1 radical (unpaired) electrons. The Labute approximate surface area is 73.8 Å². The first kappa shape index (κ1) is 9.96. The molecule has 12 heavy (non-hydrogen) atoms. The van der Waals surface area contributed by atoms with E-state index in [1.165, 1.54) is 12.8 Å². The Bertz CT molecular complexity index is 119. The highest BCUT2D eigenvalue weighted by Crippen LogP contribution is 2.23. The van der Waals surface area contributed by atoms with Gasteiger partial charge in [-0.3, -0.25) is 0 Å². The van der Waals surface area contributed by atoms with Crippen molar-refractivity contribution in [2.75, 3.05) is 19.8 Å². The number of aliphatic hydroxyl groups excluding tert-OH is 1. The van der Waals surface area contributed by atoms with Crippen LogP contribution in [0.25, 0.3) is 0 Å². The minimum absolute atomic E-state index is 0.0609. The van der Waals surface area contributed by atoms with Crippen LogP contribution in [0.3, 0.4) is 0 Å². The maximum atomic E-state index is 10.2. The van der Waals surface area contributed by atoms with Crippen LogP contribution in [0.2, 0.25) is 0 Å². The van der Waals surface area contributed by atoms with Gasteiger partial charge in [-0.15, -0.1) is 0 Å². The average molecular weight is 172 g/mol. The zero-order chi connectivity index (χ0) is 8.81. The summed E-state index contributed by atoms with van der Waals surface area (Å²) in [6, 6.07) is 0.387. The third-order valence-electron chi connectivity index (χ3n) is 2.65. The molecule has 0 aromatic carbocycles. The van der Waals surface area contributed by atoms with Crippen LogP contribution >= 0.6 is 0 Å². The van der Waals surface area contributed by atoms with Crippen LogP contribution in [0, 0.1) is 5.92 Å². The second kappa shape index (κ2) is 5.51. The second-order valence-electron chi connectivity index (χ2n) is 3.49. The summed E-state index contributed by atoms with van der Waals surface area (Å²) in [6.45, 7) is 0.742. The number of nitrogens with one attached hydrogen (secondary N) is 1. The lowest BCUT2D eigenvalue weighted by Crippen LogP contribution is -2.41. The van der Waals surface area contributed by atoms with E-state index in [2.05, 4.69) is 5.32 Å². The van der Waals surface area contributed by atoms with Gasteiger partial charge in [-0.05, 0) is 18.8 Å². The highest BCUT2D eigenvalue weighted by atomic mass is 16.3. The van der Waals surface area contributed by atoms with Gasteiger partial charge in [0, 0.05) is 19.2 Å². The molecule has 0 saturated heterocycles. The van der Waals surface area contributed by atoms with Crippen LogP contribution in [0.1, 0.15) is 25.7 Å². The average Bonchev–Trinajstić information content (AvgIpc) is 2.15. The van der Waals surface area contributed by atoms with Gasteiger partial charge in [0.15, 0.2) is 0 Å². The number of aliphatic hydroxyl groups is 1. The van der Waals surface area contributed by atoms with Gasteiger partial charge in [-0.1, -0.05) is 12.8 Å². The molecule has 2 unspecified atom stereocenters. The highest BCUT2D eigenvalue weighted by Gasteiger charge is 2.23. The van der Waals surface area contributed by atoms with E-state index in [1.807, 2.05) is 0 Å². The molecular formula is C9H18NO2. The molecule has 0 aromatic heterocycles. The lowest BCUT2D eigenvalue weighted by molar-refractivity contribution is 0.138. The molecule has 1 saturated carbocycles. The SMILES string of the molecule is [O]CCNC1CCCCC1CO. The Morgan fingerprint density at radius 3 is 2.75 bits per heavy atom. The fourth-order valence-corrected chi connectivity index (χ4v) is 1.94. The van der Waals surface area contributed by atoms with Gasteiger partial charge in [-0.2, -0.15) is 0 Å². The zero-order valence-corrected chi connectivity index (χ0v) is 7.46. The van der Waals surface area contributed by atoms with Gasteiger partial charge in [-0.25, -0.2) is 5.11 Å². The Morgan fingerprint density at radius 1 is 1.33 bits per heavy atom. The standard InChI is InChI=1S/C9H18NO2/c11-6-5-10-9-4-2-1-3-8(9)7-12/h8-10,12H,1-7H2. The molecule has 0 bridgehead atoms. The van der Waals surface area contributed by atoms with Crippen molar-refractivity contribution in [1.82, 2.24) is 5.32 Å². The third kappa shape index (κ3) is 2.73. The van der Waals surface area contributed by atoms with Crippen molar-refractivity contribution in [3.8, 4) is 0 Å². The fraction of sp³-hybridized carbons (Fsp3) is 1.00. The molecule has 1 fully saturated rings. The van der Waals surface area contributed by atoms with Gasteiger partial charge in [0.05, 0.1) is 6.61 Å². The van der Waals surface area contributed by atoms with Gasteiger partial charge in [0.25, 0.3) is 0 Å². The highest BCUT2D eigenvalue weighted by molar-refractivity contribution is 4.80. The van der Waals surface area contributed by atoms with Crippen LogP contribution in [0.4, 0.5) is 0 Å². The van der Waals surface area contributed by atoms with Crippen molar-refractivity contribution in [2.45, 2.75) is 31.7 Å². The lowest BCUT2D eigenvalue weighted by Gasteiger charge is -2.30. The predicted molar refractivity (Wildman–Crippen MR) is 46.4 cm³/mol. The second-order valence-corrected chi connectivity index (χ2v) is 3.49. The summed E-state index contributed by atoms with van der Waals surface area (Å²) >= 11 is 0. The van der Waals surface area contributed by atoms with Crippen molar-refractivity contribution in [2.24, 2.45) is 5.92 Å². The molecule has 3 nitrogen and oxygen atoms in total. The van der Waals surface area contributed by atoms with E-state index >= 15 is 0 Å². The van der Waals surface area contributed by atoms with E-state index < -0.39 is 0 Å². The van der Waals surface area contributed by atoms with E-state index in [4.69, 9.17) is 5.11 Å². The molecule has 71 valence electrons. The summed E-state index contributed by atoms with van der Waals surface area (Å²) < 4.78 is 0. The molecule has 3 heteroatoms. The van der Waals surface area contributed by atoms with E-state index in [-0.39, 0.29) is 13.2 Å². The van der Waals surface area contributed by atoms with Gasteiger partial charge in [0.2, 0.25) is 0 Å². The molecule has 2 N–H and O–H groups in total. The Kier molecular flexibility index (Phi) is 4.58. The van der Waals surface area contributed by atoms with Crippen LogP contribution < -0.4 is 5.32 Å².